The number of nitrogens with zero attached hydrogens (tertiary/aromatic N) is 3. The average Bonchev–Trinajstić information content (AvgIpc) is 2.95. The molecular weight excluding hydrogens is 311 g/mol. The standard InChI is InChI=1S/C17H21FN4O2/c1-17(24)8-2-10-21(12-17)16(23)20-15-7-9-19-22(15)11-13-3-5-14(18)6-4-13/h3-7,9,24H,2,8,10-12H2,1H3,(H,20,23). The molecule has 2 N–H and O–H groups in total. The van der Waals surface area contributed by atoms with Gasteiger partial charge in [-0.3, -0.25) is 5.32 Å². The molecule has 7 heteroatoms. The van der Waals surface area contributed by atoms with Crippen LogP contribution in [0.2, 0.25) is 0 Å². The molecule has 1 saturated heterocycles. The number of aliphatic hydroxyl groups is 1. The molecule has 0 bridgehead atoms. The van der Waals surface area contributed by atoms with E-state index >= 15 is 0 Å². The number of piperidine rings is 1. The molecule has 1 unspecified atom stereocenters. The summed E-state index contributed by atoms with van der Waals surface area (Å²) < 4.78 is 14.6. The predicted molar refractivity (Wildman–Crippen MR) is 88.2 cm³/mol. The Balaban J connectivity index is 1.67. The first-order valence-electron chi connectivity index (χ1n) is 7.97. The zero-order chi connectivity index (χ0) is 17.2. The van der Waals surface area contributed by atoms with Gasteiger partial charge in [-0.2, -0.15) is 5.10 Å². The highest BCUT2D eigenvalue weighted by Crippen LogP contribution is 2.21. The maximum atomic E-state index is 13.0. The zero-order valence-electron chi connectivity index (χ0n) is 13.6. The molecule has 2 heterocycles. The van der Waals surface area contributed by atoms with Crippen molar-refractivity contribution in [3.05, 3.63) is 47.9 Å². The van der Waals surface area contributed by atoms with Crippen molar-refractivity contribution in [2.45, 2.75) is 31.9 Å². The van der Waals surface area contributed by atoms with E-state index in [0.29, 0.717) is 31.9 Å². The van der Waals surface area contributed by atoms with Crippen molar-refractivity contribution in [3.8, 4) is 0 Å². The minimum atomic E-state index is -0.843. The number of β-amino-alcohol motifs (C(OH)–C–C–N with tert-alkyl or cyclic N) is 1. The summed E-state index contributed by atoms with van der Waals surface area (Å²) >= 11 is 0. The zero-order valence-corrected chi connectivity index (χ0v) is 13.6. The van der Waals surface area contributed by atoms with Crippen LogP contribution in [-0.2, 0) is 6.54 Å². The minimum Gasteiger partial charge on any atom is -0.388 e. The van der Waals surface area contributed by atoms with Crippen LogP contribution < -0.4 is 5.32 Å². The number of amides is 2. The molecule has 128 valence electrons. The van der Waals surface area contributed by atoms with Gasteiger partial charge in [0.15, 0.2) is 0 Å². The number of halogens is 1. The highest BCUT2D eigenvalue weighted by molar-refractivity contribution is 5.88. The smallest absolute Gasteiger partial charge is 0.323 e. The van der Waals surface area contributed by atoms with Crippen molar-refractivity contribution in [1.29, 1.82) is 0 Å². The van der Waals surface area contributed by atoms with Gasteiger partial charge in [0.25, 0.3) is 0 Å². The number of hydrogen-bond donors (Lipinski definition) is 2. The molecule has 2 aromatic rings. The highest BCUT2D eigenvalue weighted by Gasteiger charge is 2.31. The van der Waals surface area contributed by atoms with E-state index in [0.717, 1.165) is 12.0 Å². The number of aromatic nitrogens is 2. The molecule has 0 radical (unpaired) electrons. The molecule has 1 aromatic heterocycles. The molecule has 1 atom stereocenters. The molecule has 0 aliphatic carbocycles. The Labute approximate surface area is 139 Å². The Hall–Kier alpha value is -2.41. The average molecular weight is 332 g/mol. The van der Waals surface area contributed by atoms with Crippen LogP contribution in [0.4, 0.5) is 15.0 Å². The van der Waals surface area contributed by atoms with Crippen molar-refractivity contribution < 1.29 is 14.3 Å². The number of carbonyl (C=O) groups excluding carboxylic acids is 1. The molecule has 1 aliphatic heterocycles. The number of urea groups is 1. The molecule has 0 spiro atoms. The molecule has 1 aromatic carbocycles. The Morgan fingerprint density at radius 1 is 1.38 bits per heavy atom. The highest BCUT2D eigenvalue weighted by atomic mass is 19.1. The summed E-state index contributed by atoms with van der Waals surface area (Å²) in [5, 5.41) is 17.2. The summed E-state index contributed by atoms with van der Waals surface area (Å²) in [6, 6.07) is 7.62. The van der Waals surface area contributed by atoms with Crippen LogP contribution >= 0.6 is 0 Å². The number of carbonyl (C=O) groups is 1. The van der Waals surface area contributed by atoms with Crippen LogP contribution in [0.15, 0.2) is 36.5 Å². The van der Waals surface area contributed by atoms with Crippen molar-refractivity contribution >= 4 is 11.8 Å². The van der Waals surface area contributed by atoms with E-state index in [-0.39, 0.29) is 11.8 Å². The normalized spacial score (nSPS) is 20.9. The largest absolute Gasteiger partial charge is 0.388 e. The molecule has 24 heavy (non-hydrogen) atoms. The van der Waals surface area contributed by atoms with E-state index in [2.05, 4.69) is 10.4 Å². The van der Waals surface area contributed by atoms with E-state index < -0.39 is 5.60 Å². The SMILES string of the molecule is CC1(O)CCCN(C(=O)Nc2ccnn2Cc2ccc(F)cc2)C1. The van der Waals surface area contributed by atoms with Crippen LogP contribution in [0.25, 0.3) is 0 Å². The van der Waals surface area contributed by atoms with Gasteiger partial charge < -0.3 is 10.0 Å². The van der Waals surface area contributed by atoms with Gasteiger partial charge in [-0.15, -0.1) is 0 Å². The van der Waals surface area contributed by atoms with Crippen molar-refractivity contribution in [2.24, 2.45) is 0 Å². The lowest BCUT2D eigenvalue weighted by atomic mass is 9.95. The van der Waals surface area contributed by atoms with Gasteiger partial charge in [-0.25, -0.2) is 13.9 Å². The lowest BCUT2D eigenvalue weighted by Gasteiger charge is -2.36. The van der Waals surface area contributed by atoms with Gasteiger partial charge in [0.05, 0.1) is 24.9 Å². The molecular formula is C17H21FN4O2. The molecule has 1 aliphatic rings. The van der Waals surface area contributed by atoms with Gasteiger partial charge in [-0.05, 0) is 37.5 Å². The van der Waals surface area contributed by atoms with E-state index in [1.54, 1.807) is 40.9 Å². The fraction of sp³-hybridized carbons (Fsp3) is 0.412. The van der Waals surface area contributed by atoms with Gasteiger partial charge >= 0.3 is 6.03 Å². The number of nitrogens with one attached hydrogen (secondary N) is 1. The van der Waals surface area contributed by atoms with Crippen LogP contribution in [0.3, 0.4) is 0 Å². The number of rotatable bonds is 3. The minimum absolute atomic E-state index is 0.254. The van der Waals surface area contributed by atoms with Crippen LogP contribution in [0.5, 0.6) is 0 Å². The third kappa shape index (κ3) is 3.91. The Morgan fingerprint density at radius 3 is 2.83 bits per heavy atom. The first-order chi connectivity index (χ1) is 11.4. The van der Waals surface area contributed by atoms with E-state index in [4.69, 9.17) is 0 Å². The summed E-state index contributed by atoms with van der Waals surface area (Å²) in [7, 11) is 0. The number of hydrogen-bond acceptors (Lipinski definition) is 3. The maximum absolute atomic E-state index is 13.0. The fourth-order valence-corrected chi connectivity index (χ4v) is 2.91. The lowest BCUT2D eigenvalue weighted by molar-refractivity contribution is -0.000655. The molecule has 6 nitrogen and oxygen atoms in total. The van der Waals surface area contributed by atoms with Crippen molar-refractivity contribution in [2.75, 3.05) is 18.4 Å². The third-order valence-electron chi connectivity index (χ3n) is 4.16. The van der Waals surface area contributed by atoms with E-state index in [1.807, 2.05) is 0 Å². The monoisotopic (exact) mass is 332 g/mol. The molecule has 1 fully saturated rings. The van der Waals surface area contributed by atoms with Gasteiger partial charge in [0, 0.05) is 12.6 Å². The number of likely N-dealkylation sites (tertiary alicyclic amines) is 1. The fourth-order valence-electron chi connectivity index (χ4n) is 2.91. The van der Waals surface area contributed by atoms with Gasteiger partial charge in [0.2, 0.25) is 0 Å². The summed E-state index contributed by atoms with van der Waals surface area (Å²) in [5.74, 6) is 0.277. The topological polar surface area (TPSA) is 70.4 Å². The predicted octanol–water partition coefficient (Wildman–Crippen LogP) is 2.45. The van der Waals surface area contributed by atoms with Crippen molar-refractivity contribution in [1.82, 2.24) is 14.7 Å². The first kappa shape index (κ1) is 16.4. The second-order valence-electron chi connectivity index (χ2n) is 6.45. The summed E-state index contributed by atoms with van der Waals surface area (Å²) in [6.45, 7) is 3.10. The van der Waals surface area contributed by atoms with Crippen molar-refractivity contribution in [3.63, 3.8) is 0 Å². The maximum Gasteiger partial charge on any atom is 0.323 e. The Bertz CT molecular complexity index is 712. The van der Waals surface area contributed by atoms with E-state index in [9.17, 15) is 14.3 Å². The summed E-state index contributed by atoms with van der Waals surface area (Å²) in [4.78, 5) is 14.0. The van der Waals surface area contributed by atoms with E-state index in [1.165, 1.54) is 12.1 Å². The quantitative estimate of drug-likeness (QED) is 0.907. The molecule has 2 amide bonds. The second-order valence-corrected chi connectivity index (χ2v) is 6.45. The summed E-state index contributed by atoms with van der Waals surface area (Å²) in [5.41, 5.74) is 0.0423. The molecule has 3 rings (SSSR count). The van der Waals surface area contributed by atoms with Crippen LogP contribution in [0, 0.1) is 5.82 Å². The first-order valence-corrected chi connectivity index (χ1v) is 7.97. The van der Waals surface area contributed by atoms with Crippen LogP contribution in [0.1, 0.15) is 25.3 Å². The molecule has 0 saturated carbocycles. The number of anilines is 1. The third-order valence-corrected chi connectivity index (χ3v) is 4.16. The van der Waals surface area contributed by atoms with Crippen LogP contribution in [-0.4, -0.2) is 44.5 Å². The lowest BCUT2D eigenvalue weighted by Crippen LogP contribution is -2.50. The number of benzene rings is 1. The Kier molecular flexibility index (Phi) is 4.53. The van der Waals surface area contributed by atoms with Gasteiger partial charge in [-0.1, -0.05) is 12.1 Å². The Morgan fingerprint density at radius 2 is 2.12 bits per heavy atom. The summed E-state index contributed by atoms with van der Waals surface area (Å²) in [6.07, 6.45) is 3.07. The van der Waals surface area contributed by atoms with Gasteiger partial charge in [0.1, 0.15) is 11.6 Å². The second kappa shape index (κ2) is 6.60.